The fourth-order valence-electron chi connectivity index (χ4n) is 2.97. The van der Waals surface area contributed by atoms with Gasteiger partial charge in [0.05, 0.1) is 6.61 Å². The molecule has 0 amide bonds. The van der Waals surface area contributed by atoms with Gasteiger partial charge in [-0.3, -0.25) is 0 Å². The van der Waals surface area contributed by atoms with E-state index >= 15 is 0 Å². The fraction of sp³-hybridized carbons (Fsp3) is 0.333. The molecule has 3 nitrogen and oxygen atoms in total. The van der Waals surface area contributed by atoms with E-state index in [4.69, 9.17) is 27.9 Å². The third-order valence-electron chi connectivity index (χ3n) is 4.20. The summed E-state index contributed by atoms with van der Waals surface area (Å²) in [6, 6.07) is 14.9. The summed E-state index contributed by atoms with van der Waals surface area (Å²) in [6.45, 7) is 1.95. The SMILES string of the molecule is Cl.OC(Cc1cc(Cl)ccc1Cl)(c1ccccc1)C1CNCCO1. The number of nitrogens with one attached hydrogen (secondary N) is 1. The predicted molar refractivity (Wildman–Crippen MR) is 100 cm³/mol. The summed E-state index contributed by atoms with van der Waals surface area (Å²) in [5.74, 6) is 0. The Labute approximate surface area is 158 Å². The second-order valence-corrected chi connectivity index (χ2v) is 6.61. The first-order valence-corrected chi connectivity index (χ1v) is 8.39. The summed E-state index contributed by atoms with van der Waals surface area (Å²) in [4.78, 5) is 0. The second kappa shape index (κ2) is 8.52. The van der Waals surface area contributed by atoms with E-state index in [9.17, 15) is 5.11 Å². The lowest BCUT2D eigenvalue weighted by molar-refractivity contribution is -0.124. The van der Waals surface area contributed by atoms with E-state index in [1.54, 1.807) is 18.2 Å². The van der Waals surface area contributed by atoms with Gasteiger partial charge in [-0.1, -0.05) is 53.5 Å². The lowest BCUT2D eigenvalue weighted by atomic mass is 9.82. The highest BCUT2D eigenvalue weighted by molar-refractivity contribution is 6.33. The molecule has 0 saturated carbocycles. The van der Waals surface area contributed by atoms with Crippen LogP contribution in [-0.2, 0) is 16.8 Å². The van der Waals surface area contributed by atoms with Crippen molar-refractivity contribution < 1.29 is 9.84 Å². The summed E-state index contributed by atoms with van der Waals surface area (Å²) in [5, 5.41) is 16.0. The first-order chi connectivity index (χ1) is 11.1. The molecule has 0 bridgehead atoms. The molecule has 6 heteroatoms. The van der Waals surface area contributed by atoms with Gasteiger partial charge in [0.1, 0.15) is 11.7 Å². The number of aliphatic hydroxyl groups is 1. The molecule has 2 N–H and O–H groups in total. The summed E-state index contributed by atoms with van der Waals surface area (Å²) in [7, 11) is 0. The first kappa shape index (κ1) is 19.5. The van der Waals surface area contributed by atoms with Crippen molar-refractivity contribution in [3.8, 4) is 0 Å². The molecular weight excluding hydrogens is 369 g/mol. The molecule has 2 aromatic rings. The zero-order chi connectivity index (χ0) is 16.3. The third kappa shape index (κ3) is 4.23. The standard InChI is InChI=1S/C18H19Cl2NO2.ClH/c19-15-6-7-16(20)13(10-15)11-18(22,14-4-2-1-3-5-14)17-12-21-8-9-23-17;/h1-7,10,17,21-22H,8-9,11-12H2;1H. The fourth-order valence-corrected chi connectivity index (χ4v) is 3.35. The molecule has 1 aliphatic rings. The molecule has 0 spiro atoms. The van der Waals surface area contributed by atoms with Crippen LogP contribution in [0.25, 0.3) is 0 Å². The average Bonchev–Trinajstić information content (AvgIpc) is 2.59. The van der Waals surface area contributed by atoms with E-state index in [0.29, 0.717) is 29.6 Å². The number of rotatable bonds is 4. The minimum absolute atomic E-state index is 0. The first-order valence-electron chi connectivity index (χ1n) is 7.64. The molecule has 24 heavy (non-hydrogen) atoms. The molecule has 1 heterocycles. The lowest BCUT2D eigenvalue weighted by Crippen LogP contribution is -2.52. The van der Waals surface area contributed by atoms with Gasteiger partial charge < -0.3 is 15.2 Å². The van der Waals surface area contributed by atoms with Crippen LogP contribution < -0.4 is 5.32 Å². The topological polar surface area (TPSA) is 41.5 Å². The molecule has 1 saturated heterocycles. The molecule has 1 aliphatic heterocycles. The monoisotopic (exact) mass is 387 g/mol. The molecule has 0 aromatic heterocycles. The Morgan fingerprint density at radius 2 is 1.92 bits per heavy atom. The lowest BCUT2D eigenvalue weighted by Gasteiger charge is -2.39. The predicted octanol–water partition coefficient (Wildman–Crippen LogP) is 3.83. The van der Waals surface area contributed by atoms with Crippen molar-refractivity contribution in [2.75, 3.05) is 19.7 Å². The maximum Gasteiger partial charge on any atom is 0.121 e. The van der Waals surface area contributed by atoms with E-state index < -0.39 is 5.60 Å². The van der Waals surface area contributed by atoms with Crippen LogP contribution in [0.3, 0.4) is 0 Å². The highest BCUT2D eigenvalue weighted by atomic mass is 35.5. The molecule has 0 radical (unpaired) electrons. The van der Waals surface area contributed by atoms with Gasteiger partial charge in [-0.25, -0.2) is 0 Å². The number of halogens is 3. The van der Waals surface area contributed by atoms with E-state index in [2.05, 4.69) is 5.32 Å². The molecule has 0 aliphatic carbocycles. The van der Waals surface area contributed by atoms with Gasteiger partial charge in [0.25, 0.3) is 0 Å². The van der Waals surface area contributed by atoms with Crippen molar-refractivity contribution in [2.45, 2.75) is 18.1 Å². The van der Waals surface area contributed by atoms with E-state index in [1.807, 2.05) is 30.3 Å². The minimum atomic E-state index is -1.18. The van der Waals surface area contributed by atoms with Crippen molar-refractivity contribution in [3.63, 3.8) is 0 Å². The van der Waals surface area contributed by atoms with Gasteiger partial charge in [-0.2, -0.15) is 0 Å². The maximum absolute atomic E-state index is 11.5. The van der Waals surface area contributed by atoms with E-state index in [0.717, 1.165) is 17.7 Å². The zero-order valence-electron chi connectivity index (χ0n) is 13.0. The molecule has 3 rings (SSSR count). The van der Waals surface area contributed by atoms with Crippen LogP contribution in [0, 0.1) is 0 Å². The van der Waals surface area contributed by atoms with Gasteiger partial charge in [-0.05, 0) is 29.3 Å². The Balaban J connectivity index is 0.00000208. The molecular formula is C18H20Cl3NO2. The van der Waals surface area contributed by atoms with Gasteiger partial charge >= 0.3 is 0 Å². The van der Waals surface area contributed by atoms with Crippen LogP contribution in [-0.4, -0.2) is 30.9 Å². The van der Waals surface area contributed by atoms with Gasteiger partial charge in [-0.15, -0.1) is 12.4 Å². The van der Waals surface area contributed by atoms with Crippen molar-refractivity contribution in [1.29, 1.82) is 0 Å². The van der Waals surface area contributed by atoms with Crippen LogP contribution in [0.1, 0.15) is 11.1 Å². The van der Waals surface area contributed by atoms with E-state index in [-0.39, 0.29) is 18.5 Å². The smallest absolute Gasteiger partial charge is 0.121 e. The summed E-state index contributed by atoms with van der Waals surface area (Å²) < 4.78 is 5.85. The van der Waals surface area contributed by atoms with E-state index in [1.165, 1.54) is 0 Å². The van der Waals surface area contributed by atoms with Gasteiger partial charge in [0.2, 0.25) is 0 Å². The normalized spacial score (nSPS) is 20.0. The maximum atomic E-state index is 11.5. The minimum Gasteiger partial charge on any atom is -0.382 e. The Morgan fingerprint density at radius 3 is 2.58 bits per heavy atom. The molecule has 2 aromatic carbocycles. The summed E-state index contributed by atoms with van der Waals surface area (Å²) in [5.41, 5.74) is 0.438. The average molecular weight is 389 g/mol. The van der Waals surface area contributed by atoms with Crippen LogP contribution in [0.2, 0.25) is 10.0 Å². The molecule has 130 valence electrons. The van der Waals surface area contributed by atoms with Crippen molar-refractivity contribution >= 4 is 35.6 Å². The Hall–Kier alpha value is -0.810. The van der Waals surface area contributed by atoms with Crippen LogP contribution in [0.5, 0.6) is 0 Å². The van der Waals surface area contributed by atoms with Crippen molar-refractivity contribution in [2.24, 2.45) is 0 Å². The van der Waals surface area contributed by atoms with Gasteiger partial charge in [0, 0.05) is 29.6 Å². The molecule has 1 fully saturated rings. The quantitative estimate of drug-likeness (QED) is 0.836. The second-order valence-electron chi connectivity index (χ2n) is 5.77. The summed E-state index contributed by atoms with van der Waals surface area (Å²) in [6.07, 6.45) is -0.0170. The molecule has 2 atom stereocenters. The highest BCUT2D eigenvalue weighted by Gasteiger charge is 2.40. The number of benzene rings is 2. The number of hydrogen-bond acceptors (Lipinski definition) is 3. The Kier molecular flexibility index (Phi) is 6.93. The van der Waals surface area contributed by atoms with Crippen molar-refractivity contribution in [1.82, 2.24) is 5.32 Å². The number of hydrogen-bond donors (Lipinski definition) is 2. The highest BCUT2D eigenvalue weighted by Crippen LogP contribution is 2.34. The third-order valence-corrected chi connectivity index (χ3v) is 4.81. The van der Waals surface area contributed by atoms with Crippen LogP contribution in [0.15, 0.2) is 48.5 Å². The number of ether oxygens (including phenoxy) is 1. The van der Waals surface area contributed by atoms with Gasteiger partial charge in [0.15, 0.2) is 0 Å². The Bertz CT molecular complexity index is 663. The Morgan fingerprint density at radius 1 is 1.17 bits per heavy atom. The van der Waals surface area contributed by atoms with Crippen LogP contribution in [0.4, 0.5) is 0 Å². The van der Waals surface area contributed by atoms with Crippen LogP contribution >= 0.6 is 35.6 Å². The zero-order valence-corrected chi connectivity index (χ0v) is 15.4. The summed E-state index contributed by atoms with van der Waals surface area (Å²) >= 11 is 12.4. The largest absolute Gasteiger partial charge is 0.382 e. The number of morpholine rings is 1. The molecule has 2 unspecified atom stereocenters. The van der Waals surface area contributed by atoms with Crippen molar-refractivity contribution in [3.05, 3.63) is 69.7 Å².